The summed E-state index contributed by atoms with van der Waals surface area (Å²) in [5.41, 5.74) is 5.16. The predicted molar refractivity (Wildman–Crippen MR) is 35.5 cm³/mol. The lowest BCUT2D eigenvalue weighted by atomic mass is 10.7. The SMILES string of the molecule is CC(O[SiH3])OCCN. The Morgan fingerprint density at radius 3 is 2.75 bits per heavy atom. The minimum absolute atomic E-state index is 0.0646. The standard InChI is InChI=1S/C4H13NO2Si/c1-4(7-8)6-3-2-5/h4H,2-3,5H2,1,8H3. The smallest absolute Gasteiger partial charge is 0.149 e. The van der Waals surface area contributed by atoms with Crippen molar-refractivity contribution in [2.75, 3.05) is 13.2 Å². The maximum Gasteiger partial charge on any atom is 0.149 e. The minimum Gasteiger partial charge on any atom is -0.404 e. The summed E-state index contributed by atoms with van der Waals surface area (Å²) in [7, 11) is 0.724. The van der Waals surface area contributed by atoms with Gasteiger partial charge in [-0.05, 0) is 6.92 Å². The minimum atomic E-state index is -0.0646. The van der Waals surface area contributed by atoms with Crippen molar-refractivity contribution < 1.29 is 9.16 Å². The van der Waals surface area contributed by atoms with E-state index in [-0.39, 0.29) is 6.29 Å². The van der Waals surface area contributed by atoms with Crippen molar-refractivity contribution in [1.82, 2.24) is 0 Å². The molecular weight excluding hydrogens is 122 g/mol. The van der Waals surface area contributed by atoms with E-state index in [1.807, 2.05) is 6.92 Å². The van der Waals surface area contributed by atoms with Crippen molar-refractivity contribution in [1.29, 1.82) is 0 Å². The first-order chi connectivity index (χ1) is 3.81. The van der Waals surface area contributed by atoms with E-state index in [1.54, 1.807) is 0 Å². The first-order valence-corrected chi connectivity index (χ1v) is 3.47. The molecular formula is C4H13NO2Si. The lowest BCUT2D eigenvalue weighted by Gasteiger charge is -2.09. The summed E-state index contributed by atoms with van der Waals surface area (Å²) >= 11 is 0. The molecule has 0 fully saturated rings. The van der Waals surface area contributed by atoms with Crippen LogP contribution in [-0.2, 0) is 9.16 Å². The van der Waals surface area contributed by atoms with Crippen molar-refractivity contribution in [3.8, 4) is 0 Å². The molecule has 1 unspecified atom stereocenters. The first-order valence-electron chi connectivity index (χ1n) is 2.65. The molecule has 1 atom stereocenters. The summed E-state index contributed by atoms with van der Waals surface area (Å²) in [5.74, 6) is 0. The molecule has 0 bridgehead atoms. The van der Waals surface area contributed by atoms with E-state index in [1.165, 1.54) is 0 Å². The Morgan fingerprint density at radius 2 is 2.38 bits per heavy atom. The molecule has 50 valence electrons. The van der Waals surface area contributed by atoms with Gasteiger partial charge < -0.3 is 14.9 Å². The van der Waals surface area contributed by atoms with Crippen LogP contribution in [0.3, 0.4) is 0 Å². The van der Waals surface area contributed by atoms with Gasteiger partial charge in [0, 0.05) is 6.54 Å². The Bertz CT molecular complexity index is 53.3. The highest BCUT2D eigenvalue weighted by atomic mass is 28.2. The van der Waals surface area contributed by atoms with Crippen molar-refractivity contribution in [3.63, 3.8) is 0 Å². The maximum atomic E-state index is 5.16. The highest BCUT2D eigenvalue weighted by Gasteiger charge is 1.93. The Morgan fingerprint density at radius 1 is 1.75 bits per heavy atom. The topological polar surface area (TPSA) is 44.5 Å². The molecule has 0 amide bonds. The molecule has 0 spiro atoms. The molecule has 0 rings (SSSR count). The molecule has 3 nitrogen and oxygen atoms in total. The monoisotopic (exact) mass is 135 g/mol. The van der Waals surface area contributed by atoms with Crippen molar-refractivity contribution in [2.45, 2.75) is 13.2 Å². The molecule has 0 aromatic rings. The lowest BCUT2D eigenvalue weighted by molar-refractivity contribution is -0.0594. The van der Waals surface area contributed by atoms with Gasteiger partial charge in [0.1, 0.15) is 16.8 Å². The van der Waals surface area contributed by atoms with Crippen LogP contribution >= 0.6 is 0 Å². The molecule has 0 aliphatic rings. The highest BCUT2D eigenvalue weighted by Crippen LogP contribution is 1.86. The van der Waals surface area contributed by atoms with Crippen LogP contribution in [0.25, 0.3) is 0 Å². The summed E-state index contributed by atoms with van der Waals surface area (Å²) in [5, 5.41) is 0. The van der Waals surface area contributed by atoms with E-state index in [9.17, 15) is 0 Å². The van der Waals surface area contributed by atoms with Gasteiger partial charge in [-0.3, -0.25) is 0 Å². The van der Waals surface area contributed by atoms with E-state index >= 15 is 0 Å². The van der Waals surface area contributed by atoms with Gasteiger partial charge in [-0.2, -0.15) is 0 Å². The quantitative estimate of drug-likeness (QED) is 0.381. The van der Waals surface area contributed by atoms with Gasteiger partial charge in [-0.15, -0.1) is 0 Å². The van der Waals surface area contributed by atoms with Gasteiger partial charge in [0.15, 0.2) is 0 Å². The number of hydrogen-bond donors (Lipinski definition) is 1. The fourth-order valence-electron chi connectivity index (χ4n) is 0.302. The highest BCUT2D eigenvalue weighted by molar-refractivity contribution is 5.98. The van der Waals surface area contributed by atoms with Crippen LogP contribution < -0.4 is 5.73 Å². The Kier molecular flexibility index (Phi) is 5.30. The summed E-state index contributed by atoms with van der Waals surface area (Å²) in [6, 6.07) is 0. The van der Waals surface area contributed by atoms with E-state index in [0.717, 1.165) is 10.5 Å². The zero-order valence-electron chi connectivity index (χ0n) is 5.39. The Labute approximate surface area is 52.7 Å². The predicted octanol–water partition coefficient (Wildman–Crippen LogP) is -1.40. The van der Waals surface area contributed by atoms with E-state index < -0.39 is 0 Å². The fraction of sp³-hybridized carbons (Fsp3) is 1.00. The van der Waals surface area contributed by atoms with E-state index in [4.69, 9.17) is 14.9 Å². The van der Waals surface area contributed by atoms with Crippen LogP contribution in [0.4, 0.5) is 0 Å². The number of rotatable bonds is 4. The molecule has 2 N–H and O–H groups in total. The maximum absolute atomic E-state index is 5.16. The summed E-state index contributed by atoms with van der Waals surface area (Å²) in [4.78, 5) is 0. The normalized spacial score (nSPS) is 14.2. The van der Waals surface area contributed by atoms with Crippen LogP contribution in [0.5, 0.6) is 0 Å². The van der Waals surface area contributed by atoms with Crippen LogP contribution in [0.15, 0.2) is 0 Å². The molecule has 0 radical (unpaired) electrons. The Hall–Kier alpha value is 0.0969. The van der Waals surface area contributed by atoms with Crippen LogP contribution in [0.1, 0.15) is 6.92 Å². The van der Waals surface area contributed by atoms with Crippen LogP contribution in [0.2, 0.25) is 0 Å². The third-order valence-electron chi connectivity index (χ3n) is 0.802. The summed E-state index contributed by atoms with van der Waals surface area (Å²) < 4.78 is 9.94. The number of hydrogen-bond acceptors (Lipinski definition) is 3. The van der Waals surface area contributed by atoms with Gasteiger partial charge in [0.05, 0.1) is 6.61 Å². The molecule has 0 aliphatic carbocycles. The third kappa shape index (κ3) is 4.26. The van der Waals surface area contributed by atoms with Crippen molar-refractivity contribution in [3.05, 3.63) is 0 Å². The lowest BCUT2D eigenvalue weighted by Crippen LogP contribution is -2.16. The second kappa shape index (κ2) is 5.24. The number of ether oxygens (including phenoxy) is 1. The molecule has 4 heteroatoms. The van der Waals surface area contributed by atoms with Gasteiger partial charge in [-0.25, -0.2) is 0 Å². The van der Waals surface area contributed by atoms with Gasteiger partial charge in [0.2, 0.25) is 0 Å². The molecule has 0 saturated carbocycles. The Balaban J connectivity index is 2.86. The molecule has 0 aromatic heterocycles. The summed E-state index contributed by atoms with van der Waals surface area (Å²) in [6.45, 7) is 3.02. The fourth-order valence-corrected chi connectivity index (χ4v) is 0.438. The van der Waals surface area contributed by atoms with Gasteiger partial charge in [0.25, 0.3) is 0 Å². The van der Waals surface area contributed by atoms with Crippen molar-refractivity contribution >= 4 is 10.5 Å². The molecule has 8 heavy (non-hydrogen) atoms. The van der Waals surface area contributed by atoms with Gasteiger partial charge >= 0.3 is 0 Å². The zero-order valence-corrected chi connectivity index (χ0v) is 7.39. The second-order valence-corrected chi connectivity index (χ2v) is 1.93. The molecule has 0 aromatic carbocycles. The molecule has 0 heterocycles. The third-order valence-corrected chi connectivity index (χ3v) is 1.47. The van der Waals surface area contributed by atoms with Crippen molar-refractivity contribution in [2.24, 2.45) is 5.73 Å². The second-order valence-electron chi connectivity index (χ2n) is 1.46. The van der Waals surface area contributed by atoms with Crippen LogP contribution in [-0.4, -0.2) is 29.9 Å². The number of nitrogens with two attached hydrogens (primary N) is 1. The zero-order chi connectivity index (χ0) is 6.41. The van der Waals surface area contributed by atoms with Crippen LogP contribution in [0, 0.1) is 0 Å². The molecule has 0 aliphatic heterocycles. The van der Waals surface area contributed by atoms with E-state index in [2.05, 4.69) is 0 Å². The van der Waals surface area contributed by atoms with E-state index in [0.29, 0.717) is 13.2 Å². The first kappa shape index (κ1) is 8.10. The summed E-state index contributed by atoms with van der Waals surface area (Å²) in [6.07, 6.45) is -0.0646. The molecule has 0 saturated heterocycles. The average Bonchev–Trinajstić information content (AvgIpc) is 1.83. The largest absolute Gasteiger partial charge is 0.404 e. The average molecular weight is 135 g/mol. The van der Waals surface area contributed by atoms with Gasteiger partial charge in [-0.1, -0.05) is 0 Å².